The van der Waals surface area contributed by atoms with Crippen LogP contribution in [0.4, 0.5) is 13.2 Å². The fraction of sp³-hybridized carbons (Fsp3) is 1.00. The van der Waals surface area contributed by atoms with Gasteiger partial charge in [-0.25, -0.2) is 0 Å². The van der Waals surface area contributed by atoms with Crippen LogP contribution in [0.15, 0.2) is 0 Å². The molecule has 0 aromatic rings. The summed E-state index contributed by atoms with van der Waals surface area (Å²) in [5.41, 5.74) is -1.44. The Labute approximate surface area is 77.5 Å². The number of halogens is 3. The van der Waals surface area contributed by atoms with Crippen LogP contribution >= 0.6 is 0 Å². The molecule has 13 heavy (non-hydrogen) atoms. The lowest BCUT2D eigenvalue weighted by molar-refractivity contribution is -0.246. The van der Waals surface area contributed by atoms with Crippen molar-refractivity contribution in [2.24, 2.45) is 17.3 Å². The van der Waals surface area contributed by atoms with Crippen molar-refractivity contribution in [2.45, 2.75) is 46.2 Å². The van der Waals surface area contributed by atoms with E-state index in [9.17, 15) is 13.2 Å². The standard InChI is InChI=1S/C10H17F3/c1-7-4-5-9(3,8(2)6-7)10(11,12)13/h7-8H,4-6H2,1-3H3/t7?,8-,9?/m0/s1. The molecule has 3 atom stereocenters. The molecule has 0 aromatic heterocycles. The Bertz CT molecular complexity index is 185. The fourth-order valence-corrected chi connectivity index (χ4v) is 2.20. The average molecular weight is 194 g/mol. The Morgan fingerprint density at radius 2 is 1.77 bits per heavy atom. The Morgan fingerprint density at radius 3 is 2.15 bits per heavy atom. The van der Waals surface area contributed by atoms with Crippen LogP contribution in [0.2, 0.25) is 0 Å². The van der Waals surface area contributed by atoms with Gasteiger partial charge in [0.1, 0.15) is 0 Å². The second-order valence-electron chi connectivity index (χ2n) is 4.70. The topological polar surface area (TPSA) is 0 Å². The van der Waals surface area contributed by atoms with Gasteiger partial charge in [-0.15, -0.1) is 0 Å². The van der Waals surface area contributed by atoms with Crippen LogP contribution in [0.25, 0.3) is 0 Å². The third-order valence-electron chi connectivity index (χ3n) is 3.65. The molecule has 0 N–H and O–H groups in total. The highest BCUT2D eigenvalue weighted by Crippen LogP contribution is 2.52. The molecule has 0 nitrogen and oxygen atoms in total. The van der Waals surface area contributed by atoms with Crippen LogP contribution in [0, 0.1) is 17.3 Å². The first-order valence-electron chi connectivity index (χ1n) is 4.84. The molecule has 0 bridgehead atoms. The van der Waals surface area contributed by atoms with E-state index in [2.05, 4.69) is 0 Å². The maximum Gasteiger partial charge on any atom is 0.394 e. The summed E-state index contributed by atoms with van der Waals surface area (Å²) in [5, 5.41) is 0. The van der Waals surface area contributed by atoms with E-state index in [4.69, 9.17) is 0 Å². The Hall–Kier alpha value is -0.210. The third-order valence-corrected chi connectivity index (χ3v) is 3.65. The Morgan fingerprint density at radius 1 is 1.23 bits per heavy atom. The number of hydrogen-bond donors (Lipinski definition) is 0. The lowest BCUT2D eigenvalue weighted by atomic mass is 9.65. The van der Waals surface area contributed by atoms with E-state index in [1.54, 1.807) is 6.92 Å². The lowest BCUT2D eigenvalue weighted by Crippen LogP contribution is -2.44. The van der Waals surface area contributed by atoms with Crippen molar-refractivity contribution >= 4 is 0 Å². The minimum atomic E-state index is -4.04. The monoisotopic (exact) mass is 194 g/mol. The van der Waals surface area contributed by atoms with Crippen molar-refractivity contribution in [1.82, 2.24) is 0 Å². The van der Waals surface area contributed by atoms with Gasteiger partial charge in [-0.2, -0.15) is 13.2 Å². The highest BCUT2D eigenvalue weighted by atomic mass is 19.4. The maximum atomic E-state index is 12.7. The first-order chi connectivity index (χ1) is 5.77. The Kier molecular flexibility index (Phi) is 2.65. The molecule has 0 heterocycles. The molecule has 1 fully saturated rings. The number of hydrogen-bond acceptors (Lipinski definition) is 0. The summed E-state index contributed by atoms with van der Waals surface area (Å²) in [4.78, 5) is 0. The summed E-state index contributed by atoms with van der Waals surface area (Å²) in [5.74, 6) is 0.210. The summed E-state index contributed by atoms with van der Waals surface area (Å²) < 4.78 is 38.1. The predicted octanol–water partition coefficient (Wildman–Crippen LogP) is 4.01. The van der Waals surface area contributed by atoms with Gasteiger partial charge < -0.3 is 0 Å². The van der Waals surface area contributed by atoms with Crippen molar-refractivity contribution in [1.29, 1.82) is 0 Å². The molecule has 0 spiro atoms. The molecule has 0 aliphatic heterocycles. The second kappa shape index (κ2) is 3.18. The number of rotatable bonds is 0. The van der Waals surface area contributed by atoms with Crippen LogP contribution in [0.5, 0.6) is 0 Å². The average Bonchev–Trinajstić information content (AvgIpc) is 1.95. The van der Waals surface area contributed by atoms with E-state index in [-0.39, 0.29) is 5.92 Å². The van der Waals surface area contributed by atoms with Crippen molar-refractivity contribution in [2.75, 3.05) is 0 Å². The largest absolute Gasteiger partial charge is 0.394 e. The van der Waals surface area contributed by atoms with Gasteiger partial charge in [-0.3, -0.25) is 0 Å². The molecule has 2 unspecified atom stereocenters. The Balaban J connectivity index is 2.79. The highest BCUT2D eigenvalue weighted by Gasteiger charge is 2.55. The molecule has 78 valence electrons. The zero-order valence-electron chi connectivity index (χ0n) is 8.41. The second-order valence-corrected chi connectivity index (χ2v) is 4.70. The van der Waals surface area contributed by atoms with Crippen molar-refractivity contribution < 1.29 is 13.2 Å². The molecular weight excluding hydrogens is 177 g/mol. The zero-order valence-corrected chi connectivity index (χ0v) is 8.41. The van der Waals surface area contributed by atoms with Gasteiger partial charge in [0.05, 0.1) is 5.41 Å². The summed E-state index contributed by atoms with van der Waals surface area (Å²) in [6.45, 7) is 5.12. The first kappa shape index (κ1) is 10.9. The quantitative estimate of drug-likeness (QED) is 0.546. The van der Waals surface area contributed by atoms with Crippen LogP contribution in [-0.4, -0.2) is 6.18 Å². The molecule has 1 aliphatic rings. The van der Waals surface area contributed by atoms with Crippen molar-refractivity contribution in [3.63, 3.8) is 0 Å². The van der Waals surface area contributed by atoms with E-state index in [0.29, 0.717) is 25.2 Å². The molecule has 0 saturated heterocycles. The van der Waals surface area contributed by atoms with Crippen molar-refractivity contribution in [3.8, 4) is 0 Å². The molecular formula is C10H17F3. The zero-order chi connectivity index (χ0) is 10.3. The fourth-order valence-electron chi connectivity index (χ4n) is 2.20. The van der Waals surface area contributed by atoms with Gasteiger partial charge in [-0.05, 0) is 31.1 Å². The maximum absolute atomic E-state index is 12.7. The molecule has 3 heteroatoms. The van der Waals surface area contributed by atoms with Gasteiger partial charge in [0.25, 0.3) is 0 Å². The summed E-state index contributed by atoms with van der Waals surface area (Å²) in [6, 6.07) is 0. The van der Waals surface area contributed by atoms with Gasteiger partial charge in [0.15, 0.2) is 0 Å². The normalized spacial score (nSPS) is 42.0. The van der Waals surface area contributed by atoms with Gasteiger partial charge in [-0.1, -0.05) is 20.8 Å². The van der Waals surface area contributed by atoms with Crippen LogP contribution in [-0.2, 0) is 0 Å². The molecule has 1 rings (SSSR count). The molecule has 0 radical (unpaired) electrons. The first-order valence-corrected chi connectivity index (χ1v) is 4.84. The summed E-state index contributed by atoms with van der Waals surface area (Å²) in [6.07, 6.45) is -2.33. The molecule has 0 amide bonds. The smallest absolute Gasteiger partial charge is 0.171 e. The van der Waals surface area contributed by atoms with E-state index in [0.717, 1.165) is 0 Å². The van der Waals surface area contributed by atoms with E-state index in [1.807, 2.05) is 6.92 Å². The van der Waals surface area contributed by atoms with E-state index < -0.39 is 11.6 Å². The minimum Gasteiger partial charge on any atom is -0.171 e. The van der Waals surface area contributed by atoms with Gasteiger partial charge in [0.2, 0.25) is 0 Å². The predicted molar refractivity (Wildman–Crippen MR) is 46.3 cm³/mol. The minimum absolute atomic E-state index is 0.240. The molecule has 0 aromatic carbocycles. The van der Waals surface area contributed by atoms with E-state index >= 15 is 0 Å². The van der Waals surface area contributed by atoms with E-state index in [1.165, 1.54) is 6.92 Å². The van der Waals surface area contributed by atoms with Crippen LogP contribution in [0.3, 0.4) is 0 Å². The van der Waals surface area contributed by atoms with Crippen molar-refractivity contribution in [3.05, 3.63) is 0 Å². The summed E-state index contributed by atoms with van der Waals surface area (Å²) >= 11 is 0. The highest BCUT2D eigenvalue weighted by molar-refractivity contribution is 4.91. The SMILES string of the molecule is CC1CCC(C)(C(F)(F)F)[C@@H](C)C1. The van der Waals surface area contributed by atoms with Gasteiger partial charge in [0, 0.05) is 0 Å². The number of alkyl halides is 3. The van der Waals surface area contributed by atoms with Crippen LogP contribution < -0.4 is 0 Å². The summed E-state index contributed by atoms with van der Waals surface area (Å²) in [7, 11) is 0. The van der Waals surface area contributed by atoms with Crippen LogP contribution in [0.1, 0.15) is 40.0 Å². The lowest BCUT2D eigenvalue weighted by Gasteiger charge is -2.43. The third kappa shape index (κ3) is 1.84. The molecule has 1 aliphatic carbocycles. The molecule has 1 saturated carbocycles. The van der Waals surface area contributed by atoms with Gasteiger partial charge >= 0.3 is 6.18 Å².